The van der Waals surface area contributed by atoms with E-state index in [-0.39, 0.29) is 0 Å². The summed E-state index contributed by atoms with van der Waals surface area (Å²) in [6.07, 6.45) is 0.0712. The summed E-state index contributed by atoms with van der Waals surface area (Å²) < 4.78 is 1.76. The van der Waals surface area contributed by atoms with Gasteiger partial charge in [-0.2, -0.15) is 0 Å². The molecule has 5 heteroatoms. The van der Waals surface area contributed by atoms with Crippen molar-refractivity contribution in [2.45, 2.75) is 6.10 Å². The second-order valence-corrected chi connectivity index (χ2v) is 4.03. The van der Waals surface area contributed by atoms with Crippen LogP contribution in [0.1, 0.15) is 11.7 Å². The first kappa shape index (κ1) is 11.0. The lowest BCUT2D eigenvalue weighted by molar-refractivity contribution is -0.146. The van der Waals surface area contributed by atoms with Crippen LogP contribution in [0.2, 0.25) is 5.02 Å². The van der Waals surface area contributed by atoms with Crippen molar-refractivity contribution in [2.75, 3.05) is 0 Å². The van der Waals surface area contributed by atoms with Gasteiger partial charge in [0.25, 0.3) is 0 Å². The molecule has 2 aromatic rings. The average Bonchev–Trinajstić information content (AvgIpc) is 2.54. The topological polar surface area (TPSA) is 62.5 Å². The van der Waals surface area contributed by atoms with Gasteiger partial charge in [-0.3, -0.25) is 0 Å². The first-order chi connectivity index (χ1) is 7.50. The molecule has 1 unspecified atom stereocenters. The minimum atomic E-state index is -1.53. The predicted molar refractivity (Wildman–Crippen MR) is 60.5 cm³/mol. The van der Waals surface area contributed by atoms with E-state index in [1.807, 2.05) is 0 Å². The Labute approximate surface area is 96.7 Å². The summed E-state index contributed by atoms with van der Waals surface area (Å²) in [5, 5.41) is 19.5. The van der Waals surface area contributed by atoms with E-state index >= 15 is 0 Å². The molecule has 16 heavy (non-hydrogen) atoms. The Kier molecular flexibility index (Phi) is 2.61. The largest absolute Gasteiger partial charge is 0.479 e. The van der Waals surface area contributed by atoms with Gasteiger partial charge in [-0.05, 0) is 18.2 Å². The minimum absolute atomic E-state index is 0.354. The fourth-order valence-corrected chi connectivity index (χ4v) is 1.92. The number of hydrogen-bond acceptors (Lipinski definition) is 2. The van der Waals surface area contributed by atoms with Gasteiger partial charge < -0.3 is 14.8 Å². The third-order valence-electron chi connectivity index (χ3n) is 2.51. The van der Waals surface area contributed by atoms with E-state index in [1.54, 1.807) is 36.0 Å². The summed E-state index contributed by atoms with van der Waals surface area (Å²) >= 11 is 5.85. The highest BCUT2D eigenvalue weighted by molar-refractivity contribution is 6.31. The summed E-state index contributed by atoms with van der Waals surface area (Å²) in [7, 11) is 1.79. The van der Waals surface area contributed by atoms with Crippen LogP contribution < -0.4 is 0 Å². The molecule has 1 heterocycles. The molecule has 84 valence electrons. The molecule has 0 spiro atoms. The molecule has 1 aromatic carbocycles. The van der Waals surface area contributed by atoms with Crippen LogP contribution in [0.5, 0.6) is 0 Å². The highest BCUT2D eigenvalue weighted by Gasteiger charge is 2.20. The van der Waals surface area contributed by atoms with Crippen molar-refractivity contribution in [2.24, 2.45) is 7.05 Å². The van der Waals surface area contributed by atoms with Crippen molar-refractivity contribution < 1.29 is 15.0 Å². The van der Waals surface area contributed by atoms with Gasteiger partial charge in [0, 0.05) is 34.7 Å². The number of carbonyl (C=O) groups is 1. The van der Waals surface area contributed by atoms with Gasteiger partial charge in [0.05, 0.1) is 0 Å². The quantitative estimate of drug-likeness (QED) is 0.842. The van der Waals surface area contributed by atoms with Crippen LogP contribution in [0.4, 0.5) is 0 Å². The molecule has 2 N–H and O–H groups in total. The second kappa shape index (κ2) is 3.81. The smallest absolute Gasteiger partial charge is 0.337 e. The average molecular weight is 240 g/mol. The Morgan fingerprint density at radius 3 is 2.81 bits per heavy atom. The van der Waals surface area contributed by atoms with Crippen molar-refractivity contribution in [3.63, 3.8) is 0 Å². The number of aryl methyl sites for hydroxylation is 1. The maximum Gasteiger partial charge on any atom is 0.337 e. The molecule has 0 saturated carbocycles. The molecule has 0 aliphatic heterocycles. The first-order valence-electron chi connectivity index (χ1n) is 4.66. The second-order valence-electron chi connectivity index (χ2n) is 3.60. The lowest BCUT2D eigenvalue weighted by atomic mass is 10.1. The maximum absolute atomic E-state index is 10.7. The zero-order valence-electron chi connectivity index (χ0n) is 8.51. The van der Waals surface area contributed by atoms with E-state index in [4.69, 9.17) is 16.7 Å². The van der Waals surface area contributed by atoms with Gasteiger partial charge in [-0.15, -0.1) is 0 Å². The zero-order valence-corrected chi connectivity index (χ0v) is 9.27. The zero-order chi connectivity index (χ0) is 11.9. The lowest BCUT2D eigenvalue weighted by Crippen LogP contribution is -2.09. The molecule has 0 saturated heterocycles. The number of carboxylic acids is 1. The Hall–Kier alpha value is -1.52. The fourth-order valence-electron chi connectivity index (χ4n) is 1.75. The Morgan fingerprint density at radius 2 is 2.19 bits per heavy atom. The van der Waals surface area contributed by atoms with Crippen LogP contribution in [-0.2, 0) is 11.8 Å². The number of aromatic nitrogens is 1. The number of fused-ring (bicyclic) bond motifs is 1. The van der Waals surface area contributed by atoms with E-state index in [1.165, 1.54) is 0 Å². The van der Waals surface area contributed by atoms with E-state index in [0.717, 1.165) is 5.52 Å². The normalized spacial score (nSPS) is 12.9. The summed E-state index contributed by atoms with van der Waals surface area (Å²) in [6, 6.07) is 5.16. The third-order valence-corrected chi connectivity index (χ3v) is 2.75. The van der Waals surface area contributed by atoms with E-state index in [2.05, 4.69) is 0 Å². The number of nitrogens with zero attached hydrogens (tertiary/aromatic N) is 1. The molecule has 0 aliphatic carbocycles. The van der Waals surface area contributed by atoms with Crippen molar-refractivity contribution in [1.82, 2.24) is 4.57 Å². The van der Waals surface area contributed by atoms with Crippen LogP contribution in [0.15, 0.2) is 24.4 Å². The molecular weight excluding hydrogens is 230 g/mol. The van der Waals surface area contributed by atoms with Crippen molar-refractivity contribution in [3.05, 3.63) is 35.0 Å². The van der Waals surface area contributed by atoms with Crippen molar-refractivity contribution >= 4 is 28.5 Å². The van der Waals surface area contributed by atoms with Gasteiger partial charge in [0.15, 0.2) is 6.10 Å². The number of aliphatic carboxylic acids is 1. The van der Waals surface area contributed by atoms with Gasteiger partial charge in [-0.25, -0.2) is 4.79 Å². The molecule has 0 fully saturated rings. The summed E-state index contributed by atoms with van der Waals surface area (Å²) in [4.78, 5) is 10.7. The highest BCUT2D eigenvalue weighted by Crippen LogP contribution is 2.28. The minimum Gasteiger partial charge on any atom is -0.479 e. The number of aliphatic hydroxyl groups excluding tert-OH is 1. The van der Waals surface area contributed by atoms with Crippen molar-refractivity contribution in [3.8, 4) is 0 Å². The van der Waals surface area contributed by atoms with Gasteiger partial charge >= 0.3 is 5.97 Å². The number of rotatable bonds is 2. The van der Waals surface area contributed by atoms with E-state index in [0.29, 0.717) is 16.0 Å². The Morgan fingerprint density at radius 1 is 1.50 bits per heavy atom. The molecular formula is C11H10ClNO3. The number of benzene rings is 1. The SMILES string of the molecule is Cn1cc(C(O)C(=O)O)c2cc(Cl)ccc21. The summed E-state index contributed by atoms with van der Waals surface area (Å²) in [6.45, 7) is 0. The first-order valence-corrected chi connectivity index (χ1v) is 5.04. The van der Waals surface area contributed by atoms with Crippen LogP contribution in [0.25, 0.3) is 10.9 Å². The lowest BCUT2D eigenvalue weighted by Gasteiger charge is -2.03. The summed E-state index contributed by atoms with van der Waals surface area (Å²) in [5.41, 5.74) is 1.19. The standard InChI is InChI=1S/C11H10ClNO3/c1-13-5-8(10(14)11(15)16)7-4-6(12)2-3-9(7)13/h2-5,10,14H,1H3,(H,15,16). The molecule has 1 aromatic heterocycles. The molecule has 0 radical (unpaired) electrons. The molecule has 4 nitrogen and oxygen atoms in total. The molecule has 0 aliphatic rings. The number of halogens is 1. The van der Waals surface area contributed by atoms with Gasteiger partial charge in [0.2, 0.25) is 0 Å². The molecule has 0 bridgehead atoms. The predicted octanol–water partition coefficient (Wildman–Crippen LogP) is 1.95. The van der Waals surface area contributed by atoms with Crippen LogP contribution >= 0.6 is 11.6 Å². The number of hydrogen-bond donors (Lipinski definition) is 2. The Balaban J connectivity index is 2.70. The third kappa shape index (κ3) is 1.66. The van der Waals surface area contributed by atoms with Gasteiger partial charge in [0.1, 0.15) is 0 Å². The van der Waals surface area contributed by atoms with Crippen LogP contribution in [-0.4, -0.2) is 20.7 Å². The highest BCUT2D eigenvalue weighted by atomic mass is 35.5. The maximum atomic E-state index is 10.7. The molecule has 2 rings (SSSR count). The van der Waals surface area contributed by atoms with Gasteiger partial charge in [-0.1, -0.05) is 11.6 Å². The summed E-state index contributed by atoms with van der Waals surface area (Å²) in [5.74, 6) is -1.27. The van der Waals surface area contributed by atoms with Crippen LogP contribution in [0.3, 0.4) is 0 Å². The molecule has 1 atom stereocenters. The van der Waals surface area contributed by atoms with Crippen molar-refractivity contribution in [1.29, 1.82) is 0 Å². The monoisotopic (exact) mass is 239 g/mol. The number of carboxylic acid groups (broad SMARTS) is 1. The fraction of sp³-hybridized carbons (Fsp3) is 0.182. The number of aliphatic hydroxyl groups is 1. The van der Waals surface area contributed by atoms with Crippen LogP contribution in [0, 0.1) is 0 Å². The van der Waals surface area contributed by atoms with E-state index in [9.17, 15) is 9.90 Å². The van der Waals surface area contributed by atoms with E-state index < -0.39 is 12.1 Å². The Bertz CT molecular complexity index is 562. The molecule has 0 amide bonds.